The van der Waals surface area contributed by atoms with E-state index in [-0.39, 0.29) is 29.7 Å². The number of thioether (sulfide) groups is 1. The van der Waals surface area contributed by atoms with E-state index in [0.29, 0.717) is 15.7 Å². The minimum Gasteiger partial charge on any atom is -0.325 e. The molecule has 3 aromatic rings. The van der Waals surface area contributed by atoms with Gasteiger partial charge in [-0.3, -0.25) is 14.5 Å². The Kier molecular flexibility index (Phi) is 8.16. The van der Waals surface area contributed by atoms with Crippen molar-refractivity contribution in [2.75, 3.05) is 5.32 Å². The summed E-state index contributed by atoms with van der Waals surface area (Å²) in [6.07, 6.45) is -4.67. The molecule has 0 radical (unpaired) electrons. The first-order chi connectivity index (χ1) is 17.5. The summed E-state index contributed by atoms with van der Waals surface area (Å²) < 4.78 is 39.7. The zero-order valence-electron chi connectivity index (χ0n) is 19.4. The molecule has 0 aliphatic carbocycles. The van der Waals surface area contributed by atoms with Crippen molar-refractivity contribution in [2.45, 2.75) is 31.3 Å². The summed E-state index contributed by atoms with van der Waals surface area (Å²) in [6.45, 7) is 1.94. The number of benzene rings is 3. The van der Waals surface area contributed by atoms with Crippen LogP contribution >= 0.6 is 35.0 Å². The number of amidine groups is 1. The number of hydrogen-bond acceptors (Lipinski definition) is 4. The van der Waals surface area contributed by atoms with E-state index in [4.69, 9.17) is 23.2 Å². The molecule has 0 spiro atoms. The summed E-state index contributed by atoms with van der Waals surface area (Å²) in [7, 11) is 0. The third-order valence-electron chi connectivity index (χ3n) is 5.52. The first-order valence-electron chi connectivity index (χ1n) is 11.0. The van der Waals surface area contributed by atoms with Crippen molar-refractivity contribution in [1.82, 2.24) is 4.90 Å². The van der Waals surface area contributed by atoms with Gasteiger partial charge in [-0.05, 0) is 60.5 Å². The minimum atomic E-state index is -4.55. The van der Waals surface area contributed by atoms with Crippen molar-refractivity contribution in [3.8, 4) is 0 Å². The van der Waals surface area contributed by atoms with Crippen molar-refractivity contribution in [1.29, 1.82) is 0 Å². The summed E-state index contributed by atoms with van der Waals surface area (Å²) in [4.78, 5) is 31.9. The fraction of sp³-hybridized carbons (Fsp3) is 0.192. The highest BCUT2D eigenvalue weighted by molar-refractivity contribution is 8.15. The van der Waals surface area contributed by atoms with Crippen LogP contribution in [0.1, 0.15) is 23.1 Å². The average Bonchev–Trinajstić information content (AvgIpc) is 2.84. The molecule has 0 aromatic heterocycles. The number of carbonyl (C=O) groups excluding carboxylic acids is 2. The van der Waals surface area contributed by atoms with E-state index in [1.54, 1.807) is 42.5 Å². The molecule has 4 rings (SSSR count). The van der Waals surface area contributed by atoms with Crippen molar-refractivity contribution in [3.05, 3.63) is 93.5 Å². The van der Waals surface area contributed by atoms with Crippen LogP contribution in [0.5, 0.6) is 0 Å². The smallest absolute Gasteiger partial charge is 0.325 e. The molecular formula is C26H20Cl2F3N3O2S. The predicted octanol–water partition coefficient (Wildman–Crippen LogP) is 7.48. The SMILES string of the molecule is Cc1ccc(NC(=O)C2CC(=O)N(Cc3ccc(Cl)cc3)C(=Nc3cccc(C(F)(F)F)c3)S2)cc1Cl. The van der Waals surface area contributed by atoms with Gasteiger partial charge in [0, 0.05) is 22.2 Å². The Morgan fingerprint density at radius 3 is 2.51 bits per heavy atom. The molecule has 1 aliphatic rings. The third-order valence-corrected chi connectivity index (χ3v) is 7.37. The van der Waals surface area contributed by atoms with E-state index in [1.807, 2.05) is 6.92 Å². The number of nitrogens with zero attached hydrogens (tertiary/aromatic N) is 2. The number of amides is 2. The maximum Gasteiger partial charge on any atom is 0.416 e. The number of aliphatic imine (C=N–C) groups is 1. The molecule has 1 aliphatic heterocycles. The van der Waals surface area contributed by atoms with Crippen LogP contribution < -0.4 is 5.32 Å². The number of alkyl halides is 3. The van der Waals surface area contributed by atoms with Crippen LogP contribution in [-0.4, -0.2) is 27.1 Å². The molecular weight excluding hydrogens is 546 g/mol. The number of aryl methyl sites for hydroxylation is 1. The van der Waals surface area contributed by atoms with Crippen molar-refractivity contribution < 1.29 is 22.8 Å². The molecule has 0 saturated carbocycles. The molecule has 3 aromatic carbocycles. The Labute approximate surface area is 225 Å². The van der Waals surface area contributed by atoms with Gasteiger partial charge in [-0.1, -0.05) is 59.2 Å². The lowest BCUT2D eigenvalue weighted by Crippen LogP contribution is -2.44. The fourth-order valence-electron chi connectivity index (χ4n) is 3.52. The number of nitrogens with one attached hydrogen (secondary N) is 1. The second-order valence-electron chi connectivity index (χ2n) is 8.31. The second-order valence-corrected chi connectivity index (χ2v) is 10.3. The summed E-state index contributed by atoms with van der Waals surface area (Å²) in [5.41, 5.74) is 1.20. The highest BCUT2D eigenvalue weighted by atomic mass is 35.5. The number of halogens is 5. The Balaban J connectivity index is 1.64. The zero-order chi connectivity index (χ0) is 26.7. The van der Waals surface area contributed by atoms with Crippen molar-refractivity contribution in [2.24, 2.45) is 4.99 Å². The Bertz CT molecular complexity index is 1360. The van der Waals surface area contributed by atoms with Crippen LogP contribution in [0.15, 0.2) is 71.7 Å². The lowest BCUT2D eigenvalue weighted by atomic mass is 10.2. The number of rotatable bonds is 5. The zero-order valence-corrected chi connectivity index (χ0v) is 21.7. The molecule has 1 atom stereocenters. The molecule has 2 amide bonds. The van der Waals surface area contributed by atoms with Crippen molar-refractivity contribution >= 4 is 63.3 Å². The van der Waals surface area contributed by atoms with E-state index in [1.165, 1.54) is 17.0 Å². The van der Waals surface area contributed by atoms with E-state index in [0.717, 1.165) is 35.0 Å². The van der Waals surface area contributed by atoms with E-state index in [9.17, 15) is 22.8 Å². The monoisotopic (exact) mass is 565 g/mol. The minimum absolute atomic E-state index is 0.0117. The van der Waals surface area contributed by atoms with Gasteiger partial charge in [0.05, 0.1) is 17.8 Å². The van der Waals surface area contributed by atoms with Gasteiger partial charge in [-0.15, -0.1) is 0 Å². The number of carbonyl (C=O) groups is 2. The predicted molar refractivity (Wildman–Crippen MR) is 141 cm³/mol. The van der Waals surface area contributed by atoms with Crippen LogP contribution in [0, 0.1) is 6.92 Å². The second kappa shape index (κ2) is 11.2. The molecule has 11 heteroatoms. The van der Waals surface area contributed by atoms with E-state index < -0.39 is 22.9 Å². The maximum atomic E-state index is 13.2. The van der Waals surface area contributed by atoms with Crippen LogP contribution in [-0.2, 0) is 22.3 Å². The van der Waals surface area contributed by atoms with Crippen LogP contribution in [0.2, 0.25) is 10.0 Å². The average molecular weight is 566 g/mol. The summed E-state index contributed by atoms with van der Waals surface area (Å²) in [5.74, 6) is -0.831. The normalized spacial score (nSPS) is 17.2. The highest BCUT2D eigenvalue weighted by Crippen LogP contribution is 2.34. The molecule has 192 valence electrons. The number of anilines is 1. The van der Waals surface area contributed by atoms with Gasteiger partial charge in [0.25, 0.3) is 0 Å². The van der Waals surface area contributed by atoms with Gasteiger partial charge in [-0.25, -0.2) is 4.99 Å². The molecule has 37 heavy (non-hydrogen) atoms. The van der Waals surface area contributed by atoms with E-state index in [2.05, 4.69) is 10.3 Å². The Morgan fingerprint density at radius 2 is 1.84 bits per heavy atom. The van der Waals surface area contributed by atoms with Crippen LogP contribution in [0.25, 0.3) is 0 Å². The first-order valence-corrected chi connectivity index (χ1v) is 12.7. The van der Waals surface area contributed by atoms with Gasteiger partial charge in [0.1, 0.15) is 5.25 Å². The Morgan fingerprint density at radius 1 is 1.11 bits per heavy atom. The molecule has 1 fully saturated rings. The van der Waals surface area contributed by atoms with Crippen LogP contribution in [0.4, 0.5) is 24.5 Å². The summed E-state index contributed by atoms with van der Waals surface area (Å²) in [5, 5.41) is 3.02. The van der Waals surface area contributed by atoms with E-state index >= 15 is 0 Å². The van der Waals surface area contributed by atoms with Gasteiger partial charge in [0.15, 0.2) is 5.17 Å². The molecule has 1 saturated heterocycles. The summed E-state index contributed by atoms with van der Waals surface area (Å²) in [6, 6.07) is 16.4. The summed E-state index contributed by atoms with van der Waals surface area (Å²) >= 11 is 13.1. The highest BCUT2D eigenvalue weighted by Gasteiger charge is 2.36. The number of hydrogen-bond donors (Lipinski definition) is 1. The standard InChI is InChI=1S/C26H20Cl2F3N3O2S/c1-15-5-10-20(12-21(15)28)32-24(36)22-13-23(35)34(14-16-6-8-18(27)9-7-16)25(37-22)33-19-4-2-3-17(11-19)26(29,30)31/h2-12,22H,13-14H2,1H3,(H,32,36). The van der Waals surface area contributed by atoms with Gasteiger partial charge >= 0.3 is 6.18 Å². The van der Waals surface area contributed by atoms with Crippen molar-refractivity contribution in [3.63, 3.8) is 0 Å². The molecule has 5 nitrogen and oxygen atoms in total. The quantitative estimate of drug-likeness (QED) is 0.348. The maximum absolute atomic E-state index is 13.2. The molecule has 1 N–H and O–H groups in total. The first kappa shape index (κ1) is 27.0. The lowest BCUT2D eigenvalue weighted by Gasteiger charge is -2.32. The Hall–Kier alpha value is -3.01. The fourth-order valence-corrected chi connectivity index (χ4v) is 4.93. The van der Waals surface area contributed by atoms with Gasteiger partial charge in [0.2, 0.25) is 11.8 Å². The third kappa shape index (κ3) is 6.85. The molecule has 1 heterocycles. The van der Waals surface area contributed by atoms with Crippen LogP contribution in [0.3, 0.4) is 0 Å². The molecule has 0 bridgehead atoms. The van der Waals surface area contributed by atoms with Gasteiger partial charge in [-0.2, -0.15) is 13.2 Å². The molecule has 1 unspecified atom stereocenters. The lowest BCUT2D eigenvalue weighted by molar-refractivity contribution is -0.137. The topological polar surface area (TPSA) is 61.8 Å². The van der Waals surface area contributed by atoms with Gasteiger partial charge < -0.3 is 5.32 Å². The largest absolute Gasteiger partial charge is 0.416 e.